The smallest absolute Gasteiger partial charge is 0.231 e. The van der Waals surface area contributed by atoms with Gasteiger partial charge in [0, 0.05) is 29.5 Å². The Hall–Kier alpha value is -1.56. The van der Waals surface area contributed by atoms with Gasteiger partial charge in [-0.2, -0.15) is 11.8 Å². The summed E-state index contributed by atoms with van der Waals surface area (Å²) in [5, 5.41) is 4.11. The van der Waals surface area contributed by atoms with E-state index in [1.807, 2.05) is 36.4 Å². The Morgan fingerprint density at radius 1 is 1.16 bits per heavy atom. The summed E-state index contributed by atoms with van der Waals surface area (Å²) in [7, 11) is 0. The average Bonchev–Trinajstić information content (AvgIpc) is 3.07. The zero-order chi connectivity index (χ0) is 17.6. The Labute approximate surface area is 160 Å². The van der Waals surface area contributed by atoms with Gasteiger partial charge >= 0.3 is 0 Å². The van der Waals surface area contributed by atoms with E-state index in [9.17, 15) is 4.79 Å². The molecule has 4 nitrogen and oxygen atoms in total. The van der Waals surface area contributed by atoms with Gasteiger partial charge in [0.1, 0.15) is 0 Å². The Balaban J connectivity index is 1.39. The topological polar surface area (TPSA) is 47.6 Å². The molecule has 0 fully saturated rings. The summed E-state index contributed by atoms with van der Waals surface area (Å²) in [5.74, 6) is 2.78. The molecule has 2 aromatic carbocycles. The van der Waals surface area contributed by atoms with Crippen molar-refractivity contribution >= 4 is 40.9 Å². The lowest BCUT2D eigenvalue weighted by atomic mass is 10.2. The quantitative estimate of drug-likeness (QED) is 0.689. The third kappa shape index (κ3) is 4.97. The molecule has 0 spiro atoms. The number of nitrogens with one attached hydrogen (secondary N) is 1. The lowest BCUT2D eigenvalue weighted by Gasteiger charge is -2.07. The van der Waals surface area contributed by atoms with Crippen LogP contribution in [0.5, 0.6) is 11.5 Å². The number of carbonyl (C=O) groups excluding carboxylic acids is 1. The Kier molecular flexibility index (Phi) is 6.34. The first-order chi connectivity index (χ1) is 12.1. The average molecular weight is 398 g/mol. The Morgan fingerprint density at radius 2 is 2.00 bits per heavy atom. The van der Waals surface area contributed by atoms with Gasteiger partial charge in [0.05, 0.1) is 5.02 Å². The number of thioether (sulfide) groups is 1. The fourth-order valence-electron chi connectivity index (χ4n) is 2.38. The molecule has 0 aliphatic carbocycles. The van der Waals surface area contributed by atoms with Crippen molar-refractivity contribution in [2.45, 2.75) is 18.7 Å². The molecule has 1 amide bonds. The van der Waals surface area contributed by atoms with E-state index in [1.54, 1.807) is 11.8 Å². The lowest BCUT2D eigenvalue weighted by Crippen LogP contribution is -2.23. The van der Waals surface area contributed by atoms with Gasteiger partial charge in [0.15, 0.2) is 11.5 Å². The second-order valence-corrected chi connectivity index (χ2v) is 7.40. The van der Waals surface area contributed by atoms with Gasteiger partial charge in [0.25, 0.3) is 0 Å². The SMILES string of the molecule is O=C(CCSCc1cc(Cl)c2c(c1)OCO2)NCc1ccccc1Cl. The maximum Gasteiger partial charge on any atom is 0.231 e. The predicted molar refractivity (Wildman–Crippen MR) is 102 cm³/mol. The van der Waals surface area contributed by atoms with E-state index in [4.69, 9.17) is 32.7 Å². The number of halogens is 2. The molecule has 1 N–H and O–H groups in total. The summed E-state index contributed by atoms with van der Waals surface area (Å²) < 4.78 is 10.6. The molecule has 0 unspecified atom stereocenters. The van der Waals surface area contributed by atoms with Crippen LogP contribution in [0.15, 0.2) is 36.4 Å². The highest BCUT2D eigenvalue weighted by atomic mass is 35.5. The first-order valence-corrected chi connectivity index (χ1v) is 9.70. The van der Waals surface area contributed by atoms with Gasteiger partial charge in [-0.1, -0.05) is 41.4 Å². The molecule has 1 aliphatic heterocycles. The zero-order valence-electron chi connectivity index (χ0n) is 13.4. The van der Waals surface area contributed by atoms with Crippen molar-refractivity contribution in [2.75, 3.05) is 12.5 Å². The molecule has 7 heteroatoms. The molecular formula is C18H17Cl2NO3S. The molecule has 3 rings (SSSR count). The van der Waals surface area contributed by atoms with Crippen LogP contribution in [0.1, 0.15) is 17.5 Å². The second-order valence-electron chi connectivity index (χ2n) is 5.48. The minimum absolute atomic E-state index is 0.0103. The number of fused-ring (bicyclic) bond motifs is 1. The summed E-state index contributed by atoms with van der Waals surface area (Å²) in [6.07, 6.45) is 0.452. The van der Waals surface area contributed by atoms with Gasteiger partial charge in [-0.3, -0.25) is 4.79 Å². The molecule has 1 aliphatic rings. The fraction of sp³-hybridized carbons (Fsp3) is 0.278. The molecule has 0 aromatic heterocycles. The molecule has 1 heterocycles. The molecule has 0 bridgehead atoms. The van der Waals surface area contributed by atoms with Crippen LogP contribution in [-0.4, -0.2) is 18.5 Å². The van der Waals surface area contributed by atoms with E-state index in [2.05, 4.69) is 5.32 Å². The molecule has 0 atom stereocenters. The summed E-state index contributed by atoms with van der Waals surface area (Å²) in [4.78, 5) is 11.9. The highest BCUT2D eigenvalue weighted by molar-refractivity contribution is 7.98. The van der Waals surface area contributed by atoms with Crippen LogP contribution < -0.4 is 14.8 Å². The van der Waals surface area contributed by atoms with Gasteiger partial charge in [-0.25, -0.2) is 0 Å². The minimum Gasteiger partial charge on any atom is -0.454 e. The van der Waals surface area contributed by atoms with E-state index < -0.39 is 0 Å². The van der Waals surface area contributed by atoms with Crippen LogP contribution in [0.4, 0.5) is 0 Å². The summed E-state index contributed by atoms with van der Waals surface area (Å²) in [6.45, 7) is 0.651. The van der Waals surface area contributed by atoms with Crippen molar-refractivity contribution in [1.29, 1.82) is 0 Å². The van der Waals surface area contributed by atoms with Crippen LogP contribution in [0.2, 0.25) is 10.0 Å². The fourth-order valence-corrected chi connectivity index (χ4v) is 3.75. The van der Waals surface area contributed by atoms with Crippen molar-refractivity contribution in [2.24, 2.45) is 0 Å². The number of hydrogen-bond donors (Lipinski definition) is 1. The molecule has 0 saturated heterocycles. The van der Waals surface area contributed by atoms with Crippen LogP contribution in [0.25, 0.3) is 0 Å². The normalized spacial score (nSPS) is 12.2. The first kappa shape index (κ1) is 18.2. The first-order valence-electron chi connectivity index (χ1n) is 7.79. The van der Waals surface area contributed by atoms with Crippen LogP contribution in [-0.2, 0) is 17.1 Å². The lowest BCUT2D eigenvalue weighted by molar-refractivity contribution is -0.120. The minimum atomic E-state index is 0.0103. The maximum absolute atomic E-state index is 11.9. The standard InChI is InChI=1S/C18H17Cl2NO3S/c19-14-4-2-1-3-13(14)9-21-17(22)5-6-25-10-12-7-15(20)18-16(8-12)23-11-24-18/h1-4,7-8H,5-6,9-11H2,(H,21,22). The number of ether oxygens (including phenoxy) is 2. The van der Waals surface area contributed by atoms with Crippen molar-refractivity contribution in [1.82, 2.24) is 5.32 Å². The summed E-state index contributed by atoms with van der Waals surface area (Å²) in [5.41, 5.74) is 1.97. The van der Waals surface area contributed by atoms with Crippen molar-refractivity contribution in [3.05, 3.63) is 57.6 Å². The number of carbonyl (C=O) groups is 1. The van der Waals surface area contributed by atoms with Gasteiger partial charge in [-0.05, 0) is 29.3 Å². The number of benzene rings is 2. The Bertz CT molecular complexity index is 770. The third-order valence-corrected chi connectivity index (χ3v) is 5.34. The van der Waals surface area contributed by atoms with E-state index in [0.29, 0.717) is 34.5 Å². The van der Waals surface area contributed by atoms with Crippen molar-refractivity contribution < 1.29 is 14.3 Å². The van der Waals surface area contributed by atoms with Gasteiger partial charge < -0.3 is 14.8 Å². The maximum atomic E-state index is 11.9. The predicted octanol–water partition coefficient (Wildman–Crippen LogP) is 4.66. The Morgan fingerprint density at radius 3 is 2.84 bits per heavy atom. The van der Waals surface area contributed by atoms with Crippen LogP contribution in [0.3, 0.4) is 0 Å². The molecule has 132 valence electrons. The zero-order valence-corrected chi connectivity index (χ0v) is 15.7. The van der Waals surface area contributed by atoms with Gasteiger partial charge in [-0.15, -0.1) is 0 Å². The monoisotopic (exact) mass is 397 g/mol. The largest absolute Gasteiger partial charge is 0.454 e. The van der Waals surface area contributed by atoms with Crippen LogP contribution >= 0.6 is 35.0 Å². The van der Waals surface area contributed by atoms with E-state index >= 15 is 0 Å². The van der Waals surface area contributed by atoms with Crippen LogP contribution in [0, 0.1) is 0 Å². The third-order valence-electron chi connectivity index (χ3n) is 3.66. The summed E-state index contributed by atoms with van der Waals surface area (Å²) in [6, 6.07) is 11.3. The van der Waals surface area contributed by atoms with Gasteiger partial charge in [0.2, 0.25) is 12.7 Å². The highest BCUT2D eigenvalue weighted by Crippen LogP contribution is 2.40. The number of hydrogen-bond acceptors (Lipinski definition) is 4. The van der Waals surface area contributed by atoms with E-state index in [-0.39, 0.29) is 12.7 Å². The summed E-state index contributed by atoms with van der Waals surface area (Å²) >= 11 is 13.9. The molecule has 0 saturated carbocycles. The number of amides is 1. The second kappa shape index (κ2) is 8.70. The molecule has 2 aromatic rings. The number of rotatable bonds is 7. The van der Waals surface area contributed by atoms with E-state index in [1.165, 1.54) is 0 Å². The van der Waals surface area contributed by atoms with E-state index in [0.717, 1.165) is 22.6 Å². The molecular weight excluding hydrogens is 381 g/mol. The molecule has 0 radical (unpaired) electrons. The van der Waals surface area contributed by atoms with Crippen molar-refractivity contribution in [3.63, 3.8) is 0 Å². The highest BCUT2D eigenvalue weighted by Gasteiger charge is 2.18. The van der Waals surface area contributed by atoms with Crippen molar-refractivity contribution in [3.8, 4) is 11.5 Å². The molecule has 25 heavy (non-hydrogen) atoms.